The predicted molar refractivity (Wildman–Crippen MR) is 93.9 cm³/mol. The summed E-state index contributed by atoms with van der Waals surface area (Å²) in [6.45, 7) is 0. The Balaban J connectivity index is 2.07. The van der Waals surface area contributed by atoms with E-state index in [2.05, 4.69) is 96.8 Å². The molecule has 0 nitrogen and oxygen atoms in total. The second-order valence-corrected chi connectivity index (χ2v) is 12.5. The van der Waals surface area contributed by atoms with Gasteiger partial charge in [0.1, 0.15) is 0 Å². The molecule has 0 saturated carbocycles. The molecule has 0 radical (unpaired) electrons. The molecule has 3 aromatic carbocycles. The predicted octanol–water partition coefficient (Wildman–Crippen LogP) is 3.66. The van der Waals surface area contributed by atoms with Crippen LogP contribution in [0.3, 0.4) is 0 Å². The van der Waals surface area contributed by atoms with Crippen molar-refractivity contribution in [3.8, 4) is 0 Å². The van der Waals surface area contributed by atoms with Gasteiger partial charge in [-0.3, -0.25) is 0 Å². The Morgan fingerprint density at radius 1 is 0.571 bits per heavy atom. The van der Waals surface area contributed by atoms with E-state index in [9.17, 15) is 0 Å². The fraction of sp³-hybridized carbons (Fsp3) is 0.100. The first kappa shape index (κ1) is 14.1. The van der Waals surface area contributed by atoms with Crippen LogP contribution in [0.5, 0.6) is 0 Å². The van der Waals surface area contributed by atoms with Crippen LogP contribution in [-0.2, 0) is 5.32 Å². The van der Waals surface area contributed by atoms with E-state index in [4.69, 9.17) is 0 Å². The van der Waals surface area contributed by atoms with Gasteiger partial charge in [0.2, 0.25) is 0 Å². The van der Waals surface area contributed by atoms with E-state index >= 15 is 0 Å². The molecule has 0 saturated heterocycles. The topological polar surface area (TPSA) is 0 Å². The van der Waals surface area contributed by atoms with Gasteiger partial charge in [0, 0.05) is 0 Å². The van der Waals surface area contributed by atoms with Crippen molar-refractivity contribution in [3.05, 3.63) is 96.6 Å². The molecule has 0 N–H and O–H groups in total. The average molecular weight is 339 g/mol. The average Bonchev–Trinajstić information content (AvgIpc) is 2.57. The molecule has 0 aliphatic carbocycles. The summed E-state index contributed by atoms with van der Waals surface area (Å²) in [6.07, 6.45) is 0. The van der Waals surface area contributed by atoms with Crippen molar-refractivity contribution in [1.82, 2.24) is 0 Å². The first-order valence-corrected chi connectivity index (χ1v) is 11.8. The molecule has 0 amide bonds. The van der Waals surface area contributed by atoms with Gasteiger partial charge in [0.25, 0.3) is 0 Å². The molecule has 0 aliphatic rings. The molecule has 0 unspecified atom stereocenters. The number of rotatable bonds is 4. The zero-order valence-corrected chi connectivity index (χ0v) is 14.0. The zero-order chi connectivity index (χ0) is 14.5. The van der Waals surface area contributed by atoms with Crippen molar-refractivity contribution < 1.29 is 0 Å². The second-order valence-electron chi connectivity index (χ2n) is 5.34. The molecule has 0 atom stereocenters. The molecule has 0 bridgehead atoms. The van der Waals surface area contributed by atoms with Gasteiger partial charge in [-0.15, -0.1) is 0 Å². The van der Waals surface area contributed by atoms with Crippen LogP contribution in [0, 0.1) is 0 Å². The maximum absolute atomic E-state index is 2.49. The van der Waals surface area contributed by atoms with E-state index in [0.717, 1.165) is 5.32 Å². The molecule has 3 rings (SSSR count). The molecule has 1 heteroatoms. The van der Waals surface area contributed by atoms with Crippen LogP contribution in [0.15, 0.2) is 91.0 Å². The van der Waals surface area contributed by atoms with Crippen LogP contribution in [0.4, 0.5) is 0 Å². The quantitative estimate of drug-likeness (QED) is 0.637. The van der Waals surface area contributed by atoms with Gasteiger partial charge in [0.15, 0.2) is 0 Å². The summed E-state index contributed by atoms with van der Waals surface area (Å²) < 4.78 is 3.03. The molecule has 3 aromatic rings. The maximum atomic E-state index is 2.49. The van der Waals surface area contributed by atoms with Gasteiger partial charge in [-0.1, -0.05) is 0 Å². The van der Waals surface area contributed by atoms with Gasteiger partial charge in [-0.2, -0.15) is 0 Å². The van der Waals surface area contributed by atoms with Gasteiger partial charge in [-0.05, 0) is 0 Å². The van der Waals surface area contributed by atoms with Crippen LogP contribution < -0.4 is 8.92 Å². The van der Waals surface area contributed by atoms with Crippen LogP contribution in [0.2, 0.25) is 5.82 Å². The molecule has 0 aliphatic heterocycles. The SMILES string of the molecule is C[Se](Cc1ccccc1)(c1ccccc1)c1ccccc1. The Kier molecular flexibility index (Phi) is 4.24. The van der Waals surface area contributed by atoms with Crippen LogP contribution >= 0.6 is 0 Å². The first-order valence-electron chi connectivity index (χ1n) is 7.19. The molecule has 0 spiro atoms. The number of hydrogen-bond donors (Lipinski definition) is 0. The molecule has 106 valence electrons. The van der Waals surface area contributed by atoms with Gasteiger partial charge in [0.05, 0.1) is 0 Å². The third kappa shape index (κ3) is 3.10. The van der Waals surface area contributed by atoms with E-state index < -0.39 is 12.8 Å². The fourth-order valence-electron chi connectivity index (χ4n) is 2.65. The Bertz CT molecular complexity index is 635. The van der Waals surface area contributed by atoms with Crippen molar-refractivity contribution in [1.29, 1.82) is 0 Å². The Morgan fingerprint density at radius 3 is 1.38 bits per heavy atom. The molecular formula is C20H20Se. The molecular weight excluding hydrogens is 319 g/mol. The minimum atomic E-state index is -1.96. The van der Waals surface area contributed by atoms with Crippen molar-refractivity contribution in [2.45, 2.75) is 11.1 Å². The third-order valence-corrected chi connectivity index (χ3v) is 11.2. The van der Waals surface area contributed by atoms with Gasteiger partial charge < -0.3 is 0 Å². The summed E-state index contributed by atoms with van der Waals surface area (Å²) in [5.41, 5.74) is 1.44. The fourth-order valence-corrected chi connectivity index (χ4v) is 8.90. The summed E-state index contributed by atoms with van der Waals surface area (Å²) >= 11 is -1.96. The van der Waals surface area contributed by atoms with E-state index in [1.54, 1.807) is 0 Å². The summed E-state index contributed by atoms with van der Waals surface area (Å²) in [4.78, 5) is 0. The summed E-state index contributed by atoms with van der Waals surface area (Å²) in [5, 5.41) is 1.16. The van der Waals surface area contributed by atoms with Crippen molar-refractivity contribution in [3.63, 3.8) is 0 Å². The van der Waals surface area contributed by atoms with Crippen molar-refractivity contribution >= 4 is 21.8 Å². The van der Waals surface area contributed by atoms with E-state index in [1.165, 1.54) is 14.5 Å². The van der Waals surface area contributed by atoms with Gasteiger partial charge >= 0.3 is 129 Å². The molecule has 0 heterocycles. The number of benzene rings is 3. The Hall–Kier alpha value is -1.82. The van der Waals surface area contributed by atoms with Crippen LogP contribution in [0.1, 0.15) is 5.56 Å². The Labute approximate surface area is 129 Å². The molecule has 21 heavy (non-hydrogen) atoms. The van der Waals surface area contributed by atoms with Crippen molar-refractivity contribution in [2.75, 3.05) is 0 Å². The first-order chi connectivity index (χ1) is 10.3. The number of hydrogen-bond acceptors (Lipinski definition) is 0. The van der Waals surface area contributed by atoms with Crippen LogP contribution in [-0.4, -0.2) is 12.8 Å². The van der Waals surface area contributed by atoms with Crippen molar-refractivity contribution in [2.24, 2.45) is 0 Å². The summed E-state index contributed by atoms with van der Waals surface area (Å²) in [7, 11) is 0. The van der Waals surface area contributed by atoms with Gasteiger partial charge in [-0.25, -0.2) is 0 Å². The molecule has 0 fully saturated rings. The third-order valence-electron chi connectivity index (χ3n) is 3.83. The summed E-state index contributed by atoms with van der Waals surface area (Å²) in [5.74, 6) is 2.49. The monoisotopic (exact) mass is 340 g/mol. The van der Waals surface area contributed by atoms with E-state index in [-0.39, 0.29) is 0 Å². The summed E-state index contributed by atoms with van der Waals surface area (Å²) in [6, 6.07) is 33.0. The Morgan fingerprint density at radius 2 is 0.952 bits per heavy atom. The standard InChI is InChI=1S/C20H20Se/c1-21(19-13-7-3-8-14-19,20-15-9-4-10-16-20)17-18-11-5-2-6-12-18/h2-16H,17H2,1H3. The van der Waals surface area contributed by atoms with E-state index in [0.29, 0.717) is 0 Å². The minimum absolute atomic E-state index is 1.16. The zero-order valence-electron chi connectivity index (χ0n) is 12.3. The van der Waals surface area contributed by atoms with E-state index in [1.807, 2.05) is 0 Å². The second kappa shape index (κ2) is 6.30. The normalized spacial score (nSPS) is 12.0. The molecule has 0 aromatic heterocycles. The van der Waals surface area contributed by atoms with Crippen LogP contribution in [0.25, 0.3) is 0 Å².